The van der Waals surface area contributed by atoms with Crippen molar-refractivity contribution < 1.29 is 9.47 Å². The van der Waals surface area contributed by atoms with E-state index < -0.39 is 0 Å². The molecule has 1 aromatic rings. The quantitative estimate of drug-likeness (QED) is 0.400. The first kappa shape index (κ1) is 14.5. The van der Waals surface area contributed by atoms with E-state index in [0.29, 0.717) is 30.6 Å². The number of hydrazine groups is 1. The molecular formula is C11H21N5O2. The van der Waals surface area contributed by atoms with Gasteiger partial charge in [-0.25, -0.2) is 15.8 Å². The molecule has 0 spiro atoms. The van der Waals surface area contributed by atoms with Crippen LogP contribution in [-0.2, 0) is 4.74 Å². The topological polar surface area (TPSA) is 85.5 Å². The van der Waals surface area contributed by atoms with Gasteiger partial charge in [0.25, 0.3) is 0 Å². The minimum Gasteiger partial charge on any atom is -0.490 e. The van der Waals surface area contributed by atoms with Gasteiger partial charge in [-0.3, -0.25) is 0 Å². The summed E-state index contributed by atoms with van der Waals surface area (Å²) in [6, 6.07) is 0. The molecular weight excluding hydrogens is 234 g/mol. The Morgan fingerprint density at radius 2 is 2.17 bits per heavy atom. The largest absolute Gasteiger partial charge is 0.490 e. The normalized spacial score (nSPS) is 10.2. The highest BCUT2D eigenvalue weighted by Crippen LogP contribution is 2.30. The zero-order valence-electron chi connectivity index (χ0n) is 11.1. The number of likely N-dealkylation sites (N-methyl/N-ethyl adjacent to an activating group) is 1. The van der Waals surface area contributed by atoms with Gasteiger partial charge in [-0.1, -0.05) is 0 Å². The molecule has 0 amide bonds. The molecule has 0 saturated heterocycles. The van der Waals surface area contributed by atoms with Crippen molar-refractivity contribution in [2.45, 2.75) is 13.8 Å². The van der Waals surface area contributed by atoms with Gasteiger partial charge in [-0.2, -0.15) is 0 Å². The molecule has 0 saturated carbocycles. The summed E-state index contributed by atoms with van der Waals surface area (Å²) >= 11 is 0. The van der Waals surface area contributed by atoms with Gasteiger partial charge in [-0.15, -0.1) is 0 Å². The number of nitrogens with two attached hydrogens (primary N) is 1. The number of nitrogens with zero attached hydrogens (tertiary/aromatic N) is 3. The smallest absolute Gasteiger partial charge is 0.205 e. The van der Waals surface area contributed by atoms with Crippen LogP contribution in [0, 0.1) is 0 Å². The molecule has 7 nitrogen and oxygen atoms in total. The highest BCUT2D eigenvalue weighted by atomic mass is 16.5. The lowest BCUT2D eigenvalue weighted by Gasteiger charge is -2.24. The molecule has 0 aromatic carbocycles. The van der Waals surface area contributed by atoms with Crippen molar-refractivity contribution in [3.05, 3.63) is 6.33 Å². The molecule has 0 bridgehead atoms. The highest BCUT2D eigenvalue weighted by Gasteiger charge is 2.16. The molecule has 7 heteroatoms. The molecule has 0 aliphatic heterocycles. The number of rotatable bonds is 8. The van der Waals surface area contributed by atoms with Crippen molar-refractivity contribution in [2.75, 3.05) is 43.7 Å². The number of aromatic nitrogens is 2. The van der Waals surface area contributed by atoms with Crippen LogP contribution in [0.3, 0.4) is 0 Å². The zero-order chi connectivity index (χ0) is 13.4. The van der Waals surface area contributed by atoms with Crippen LogP contribution in [0.15, 0.2) is 6.33 Å². The van der Waals surface area contributed by atoms with Crippen molar-refractivity contribution >= 4 is 11.6 Å². The molecule has 0 unspecified atom stereocenters. The lowest BCUT2D eigenvalue weighted by Crippen LogP contribution is -2.29. The lowest BCUT2D eigenvalue weighted by molar-refractivity contribution is 0.154. The standard InChI is InChI=1S/C11H21N5O2/c1-4-16(6-7-18-5-2)11-9(17-3)10(15-12)13-8-14-11/h8H,4-7,12H2,1-3H3,(H,13,14,15). The monoisotopic (exact) mass is 255 g/mol. The van der Waals surface area contributed by atoms with Crippen LogP contribution in [-0.4, -0.2) is 43.4 Å². The maximum atomic E-state index is 5.39. The third-order valence-corrected chi connectivity index (χ3v) is 2.52. The highest BCUT2D eigenvalue weighted by molar-refractivity contribution is 5.64. The van der Waals surface area contributed by atoms with Crippen molar-refractivity contribution in [2.24, 2.45) is 5.84 Å². The van der Waals surface area contributed by atoms with Crippen LogP contribution in [0.5, 0.6) is 5.75 Å². The zero-order valence-corrected chi connectivity index (χ0v) is 11.1. The Hall–Kier alpha value is -1.60. The third-order valence-electron chi connectivity index (χ3n) is 2.52. The van der Waals surface area contributed by atoms with Gasteiger partial charge in [0, 0.05) is 19.7 Å². The number of anilines is 2. The van der Waals surface area contributed by atoms with Crippen LogP contribution in [0.1, 0.15) is 13.8 Å². The fourth-order valence-corrected chi connectivity index (χ4v) is 1.61. The summed E-state index contributed by atoms with van der Waals surface area (Å²) in [6.45, 7) is 6.89. The first-order valence-electron chi connectivity index (χ1n) is 5.96. The fourth-order valence-electron chi connectivity index (χ4n) is 1.61. The maximum absolute atomic E-state index is 5.39. The van der Waals surface area contributed by atoms with E-state index in [4.69, 9.17) is 15.3 Å². The lowest BCUT2D eigenvalue weighted by atomic mass is 10.4. The van der Waals surface area contributed by atoms with Crippen molar-refractivity contribution in [3.63, 3.8) is 0 Å². The predicted molar refractivity (Wildman–Crippen MR) is 70.8 cm³/mol. The maximum Gasteiger partial charge on any atom is 0.205 e. The summed E-state index contributed by atoms with van der Waals surface area (Å²) in [5.74, 6) is 7.12. The van der Waals surface area contributed by atoms with Crippen LogP contribution < -0.4 is 20.9 Å². The minimum absolute atomic E-state index is 0.470. The second-order valence-electron chi connectivity index (χ2n) is 3.50. The van der Waals surface area contributed by atoms with Gasteiger partial charge in [0.05, 0.1) is 13.7 Å². The van der Waals surface area contributed by atoms with Gasteiger partial charge >= 0.3 is 0 Å². The Kier molecular flexibility index (Phi) is 6.16. The number of nitrogen functional groups attached to an aromatic ring is 1. The van der Waals surface area contributed by atoms with E-state index in [1.54, 1.807) is 7.11 Å². The molecule has 1 rings (SSSR count). The van der Waals surface area contributed by atoms with Gasteiger partial charge in [0.1, 0.15) is 6.33 Å². The molecule has 0 radical (unpaired) electrons. The molecule has 102 valence electrons. The number of nitrogens with one attached hydrogen (secondary N) is 1. The molecule has 3 N–H and O–H groups in total. The molecule has 1 aromatic heterocycles. The van der Waals surface area contributed by atoms with Gasteiger partial charge in [0.15, 0.2) is 11.6 Å². The second kappa shape index (κ2) is 7.67. The van der Waals surface area contributed by atoms with Crippen LogP contribution in [0.2, 0.25) is 0 Å². The Bertz CT molecular complexity index is 361. The minimum atomic E-state index is 0.470. The van der Waals surface area contributed by atoms with E-state index in [1.807, 2.05) is 13.8 Å². The summed E-state index contributed by atoms with van der Waals surface area (Å²) < 4.78 is 10.7. The van der Waals surface area contributed by atoms with Crippen LogP contribution in [0.4, 0.5) is 11.6 Å². The fraction of sp³-hybridized carbons (Fsp3) is 0.636. The summed E-state index contributed by atoms with van der Waals surface area (Å²) in [6.07, 6.45) is 1.45. The second-order valence-corrected chi connectivity index (χ2v) is 3.50. The van der Waals surface area contributed by atoms with Gasteiger partial charge in [0.2, 0.25) is 5.75 Å². The van der Waals surface area contributed by atoms with E-state index in [-0.39, 0.29) is 0 Å². The summed E-state index contributed by atoms with van der Waals surface area (Å²) in [5, 5.41) is 0. The third kappa shape index (κ3) is 3.44. The SMILES string of the molecule is CCOCCN(CC)c1ncnc(NN)c1OC. The van der Waals surface area contributed by atoms with E-state index in [1.165, 1.54) is 6.33 Å². The Balaban J connectivity index is 2.90. The van der Waals surface area contributed by atoms with Crippen molar-refractivity contribution in [3.8, 4) is 5.75 Å². The van der Waals surface area contributed by atoms with E-state index in [0.717, 1.165) is 13.1 Å². The predicted octanol–water partition coefficient (Wildman–Crippen LogP) is 0.634. The van der Waals surface area contributed by atoms with E-state index in [9.17, 15) is 0 Å². The molecule has 18 heavy (non-hydrogen) atoms. The average molecular weight is 255 g/mol. The molecule has 1 heterocycles. The Labute approximate surface area is 107 Å². The van der Waals surface area contributed by atoms with Gasteiger partial charge < -0.3 is 19.8 Å². The summed E-state index contributed by atoms with van der Waals surface area (Å²) in [4.78, 5) is 10.3. The molecule has 0 atom stereocenters. The van der Waals surface area contributed by atoms with Crippen LogP contribution >= 0.6 is 0 Å². The Morgan fingerprint density at radius 1 is 1.39 bits per heavy atom. The molecule has 0 aliphatic carbocycles. The van der Waals surface area contributed by atoms with Gasteiger partial charge in [-0.05, 0) is 13.8 Å². The summed E-state index contributed by atoms with van der Waals surface area (Å²) in [7, 11) is 1.57. The number of ether oxygens (including phenoxy) is 2. The van der Waals surface area contributed by atoms with E-state index >= 15 is 0 Å². The molecule has 0 fully saturated rings. The van der Waals surface area contributed by atoms with Crippen molar-refractivity contribution in [1.29, 1.82) is 0 Å². The average Bonchev–Trinajstić information content (AvgIpc) is 2.42. The van der Waals surface area contributed by atoms with E-state index in [2.05, 4.69) is 20.3 Å². The number of methoxy groups -OCH3 is 1. The number of hydrogen-bond acceptors (Lipinski definition) is 7. The number of hydrogen-bond donors (Lipinski definition) is 2. The van der Waals surface area contributed by atoms with Crippen LogP contribution in [0.25, 0.3) is 0 Å². The summed E-state index contributed by atoms with van der Waals surface area (Å²) in [5.41, 5.74) is 2.50. The molecule has 0 aliphatic rings. The first-order valence-corrected chi connectivity index (χ1v) is 5.96. The Morgan fingerprint density at radius 3 is 2.72 bits per heavy atom. The first-order chi connectivity index (χ1) is 8.78. The van der Waals surface area contributed by atoms with Crippen molar-refractivity contribution in [1.82, 2.24) is 9.97 Å².